The molecule has 0 aromatic heterocycles. The zero-order valence-electron chi connectivity index (χ0n) is 52.5. The van der Waals surface area contributed by atoms with Crippen LogP contribution in [0.2, 0.25) is 0 Å². The number of esters is 2. The molecular weight excluding hydrogens is 1410 g/mol. The third-order valence-corrected chi connectivity index (χ3v) is 22.3. The number of amides is 4. The number of nitro groups is 2. The van der Waals surface area contributed by atoms with Crippen molar-refractivity contribution in [2.24, 2.45) is 10.8 Å². The summed E-state index contributed by atoms with van der Waals surface area (Å²) in [5.41, 5.74) is -5.67. The van der Waals surface area contributed by atoms with Crippen LogP contribution in [0.1, 0.15) is 114 Å². The molecule has 0 spiro atoms. The van der Waals surface area contributed by atoms with Crippen LogP contribution in [0.3, 0.4) is 0 Å². The molecule has 20 nitrogen and oxygen atoms in total. The lowest BCUT2D eigenvalue weighted by Gasteiger charge is -2.40. The summed E-state index contributed by atoms with van der Waals surface area (Å²) < 4.78 is 186. The molecule has 4 aliphatic rings. The number of nitrogens with zero attached hydrogens (tertiary/aromatic N) is 4. The maximum atomic E-state index is 14.0. The third kappa shape index (κ3) is 19.7. The Labute approximate surface area is 568 Å². The molecule has 2 heterocycles. The number of carbonyl (C=O) groups is 6. The van der Waals surface area contributed by atoms with E-state index in [0.717, 1.165) is 91.1 Å². The van der Waals surface area contributed by atoms with Crippen molar-refractivity contribution >= 4 is 90.1 Å². The number of halogens is 12. The second kappa shape index (κ2) is 33.0. The van der Waals surface area contributed by atoms with Gasteiger partial charge in [0.25, 0.3) is 11.4 Å². The Morgan fingerprint density at radius 3 is 1.15 bits per heavy atom. The first-order valence-corrected chi connectivity index (χ1v) is 34.6. The molecule has 4 amide bonds. The molecule has 4 fully saturated rings. The lowest BCUT2D eigenvalue weighted by molar-refractivity contribution is -0.387. The maximum absolute atomic E-state index is 14.0. The quantitative estimate of drug-likeness (QED) is 0.0244. The molecule has 0 bridgehead atoms. The van der Waals surface area contributed by atoms with Gasteiger partial charge in [0.1, 0.15) is 12.2 Å². The highest BCUT2D eigenvalue weighted by Crippen LogP contribution is 2.51. The van der Waals surface area contributed by atoms with E-state index in [4.69, 9.17) is 18.9 Å². The monoisotopic (exact) mass is 1470 g/mol. The standard InChI is InChI=1S/2C31H33F6N3O7S2/c2*1-18(47-19(2)41)29(12-9-23(16-29)39(28(43)31(35,36)37)22-10-13-46-14-11-22)27(42)38-17-20-15-21(30(32,33)34)7-8-25(20)48-49-26-6-4-3-5-24(26)40(44)45/h2*3-8,15,18,22-23H,9-14,16-17H2,1-2H3,(H,38,42)/t18-,23+,29-;18-,23-,29+/m01/s1. The Morgan fingerprint density at radius 2 is 0.847 bits per heavy atom. The largest absolute Gasteiger partial charge is 0.471 e. The average molecular weight is 1480 g/mol. The van der Waals surface area contributed by atoms with Gasteiger partial charge in [-0.15, -0.1) is 0 Å². The van der Waals surface area contributed by atoms with E-state index in [-0.39, 0.29) is 133 Å². The molecule has 8 rings (SSSR count). The molecule has 36 heteroatoms. The minimum Gasteiger partial charge on any atom is -0.462 e. The lowest BCUT2D eigenvalue weighted by Crippen LogP contribution is -2.54. The number of ether oxygens (including phenoxy) is 4. The fourth-order valence-corrected chi connectivity index (χ4v) is 17.2. The van der Waals surface area contributed by atoms with Gasteiger partial charge in [0, 0.05) is 99.5 Å². The van der Waals surface area contributed by atoms with Crippen LogP contribution in [0.15, 0.2) is 105 Å². The molecule has 2 aliphatic heterocycles. The van der Waals surface area contributed by atoms with Crippen molar-refractivity contribution in [2.45, 2.75) is 186 Å². The van der Waals surface area contributed by atoms with Crippen molar-refractivity contribution in [2.75, 3.05) is 26.4 Å². The van der Waals surface area contributed by atoms with Crippen LogP contribution in [0.5, 0.6) is 0 Å². The van der Waals surface area contributed by atoms with Gasteiger partial charge in [-0.25, -0.2) is 0 Å². The Kier molecular flexibility index (Phi) is 26.4. The molecule has 4 aromatic rings. The number of para-hydroxylation sites is 2. The SMILES string of the molecule is CC(=O)O[C@@H](C)[C@]1(C(=O)NCc2cc(C(F)(F)F)ccc2SSc2ccccc2[N+](=O)[O-])CC[C@@H](N(C(=O)C(F)(F)F)C2CCOCC2)C1.CC(=O)O[C@H](C)[C@]1(C(=O)NCc2cc(C(F)(F)F)ccc2SSc2ccccc2[N+](=O)[O-])CC[C@@H](N(C(=O)C(F)(F)F)C2CCOCC2)C1. The van der Waals surface area contributed by atoms with Gasteiger partial charge in [0.05, 0.1) is 41.6 Å². The predicted molar refractivity (Wildman–Crippen MR) is 332 cm³/mol. The number of nitrogens with one attached hydrogen (secondary N) is 2. The minimum absolute atomic E-state index is 0.0141. The van der Waals surface area contributed by atoms with E-state index in [0.29, 0.717) is 0 Å². The molecule has 2 saturated carbocycles. The Hall–Kier alpha value is -7.02. The summed E-state index contributed by atoms with van der Waals surface area (Å²) in [5, 5.41) is 28.1. The molecule has 4 aromatic carbocycles. The van der Waals surface area contributed by atoms with Gasteiger partial charge in [-0.05, 0) is 159 Å². The maximum Gasteiger partial charge on any atom is 0.471 e. The lowest BCUT2D eigenvalue weighted by atomic mass is 9.79. The summed E-state index contributed by atoms with van der Waals surface area (Å²) in [6.45, 7) is 4.63. The second-order valence-corrected chi connectivity index (χ2v) is 27.9. The average Bonchev–Trinajstić information content (AvgIpc) is 1.60. The van der Waals surface area contributed by atoms with E-state index in [9.17, 15) is 102 Å². The smallest absolute Gasteiger partial charge is 0.462 e. The number of rotatable bonds is 22. The molecule has 2 saturated heterocycles. The highest BCUT2D eigenvalue weighted by molar-refractivity contribution is 8.77. The first kappa shape index (κ1) is 78.3. The molecule has 2 N–H and O–H groups in total. The number of alkyl halides is 12. The van der Waals surface area contributed by atoms with Gasteiger partial charge in [0.15, 0.2) is 0 Å². The van der Waals surface area contributed by atoms with Crippen LogP contribution in [0.25, 0.3) is 0 Å². The first-order chi connectivity index (χ1) is 45.9. The molecule has 0 unspecified atom stereocenters. The highest BCUT2D eigenvalue weighted by Gasteiger charge is 2.58. The number of nitro benzene ring substituents is 2. The summed E-state index contributed by atoms with van der Waals surface area (Å²) in [7, 11) is 3.74. The van der Waals surface area contributed by atoms with Crippen molar-refractivity contribution in [1.29, 1.82) is 0 Å². The minimum atomic E-state index is -5.19. The van der Waals surface area contributed by atoms with Gasteiger partial charge in [-0.2, -0.15) is 52.7 Å². The Balaban J connectivity index is 0.000000276. The zero-order chi connectivity index (χ0) is 72.3. The molecule has 536 valence electrons. The summed E-state index contributed by atoms with van der Waals surface area (Å²) in [6, 6.07) is 13.5. The molecule has 0 radical (unpaired) electrons. The van der Waals surface area contributed by atoms with Crippen molar-refractivity contribution in [1.82, 2.24) is 20.4 Å². The summed E-state index contributed by atoms with van der Waals surface area (Å²) >= 11 is 0. The molecule has 6 atom stereocenters. The Morgan fingerprint density at radius 1 is 0.520 bits per heavy atom. The van der Waals surface area contributed by atoms with E-state index in [1.807, 2.05) is 0 Å². The fourth-order valence-electron chi connectivity index (χ4n) is 12.5. The molecule has 2 aliphatic carbocycles. The van der Waals surface area contributed by atoms with E-state index in [1.54, 1.807) is 12.1 Å². The van der Waals surface area contributed by atoms with Crippen LogP contribution in [0.4, 0.5) is 64.1 Å². The van der Waals surface area contributed by atoms with Crippen LogP contribution in [-0.4, -0.2) is 130 Å². The second-order valence-electron chi connectivity index (χ2n) is 23.5. The van der Waals surface area contributed by atoms with E-state index < -0.39 is 142 Å². The van der Waals surface area contributed by atoms with Gasteiger partial charge in [-0.3, -0.25) is 49.0 Å². The number of hydrogen-bond donors (Lipinski definition) is 2. The van der Waals surface area contributed by atoms with E-state index in [1.165, 1.54) is 62.4 Å². The van der Waals surface area contributed by atoms with Crippen LogP contribution in [-0.2, 0) is 73.2 Å². The zero-order valence-corrected chi connectivity index (χ0v) is 55.8. The number of carbonyl (C=O) groups excluding carboxylic acids is 6. The third-order valence-electron chi connectivity index (χ3n) is 17.3. The van der Waals surface area contributed by atoms with Gasteiger partial charge in [-0.1, -0.05) is 45.9 Å². The van der Waals surface area contributed by atoms with E-state index >= 15 is 0 Å². The van der Waals surface area contributed by atoms with Crippen LogP contribution in [0, 0.1) is 31.1 Å². The Bertz CT molecular complexity index is 3340. The molecular formula is C62H66F12N6O14S4. The van der Waals surface area contributed by atoms with Crippen molar-refractivity contribution in [3.05, 3.63) is 127 Å². The van der Waals surface area contributed by atoms with Crippen molar-refractivity contribution < 1.29 is 110 Å². The van der Waals surface area contributed by atoms with Gasteiger partial charge < -0.3 is 39.4 Å². The molecule has 98 heavy (non-hydrogen) atoms. The van der Waals surface area contributed by atoms with Gasteiger partial charge in [0.2, 0.25) is 11.8 Å². The topological polar surface area (TPSA) is 256 Å². The highest BCUT2D eigenvalue weighted by atomic mass is 33.1. The summed E-state index contributed by atoms with van der Waals surface area (Å²) in [5.74, 6) is -7.20. The van der Waals surface area contributed by atoms with Crippen LogP contribution < -0.4 is 10.6 Å². The normalized spacial score (nSPS) is 20.8. The summed E-state index contributed by atoms with van der Waals surface area (Å²) in [4.78, 5) is 102. The summed E-state index contributed by atoms with van der Waals surface area (Å²) in [6.07, 6.45) is -22.4. The predicted octanol–water partition coefficient (Wildman–Crippen LogP) is 14.2. The van der Waals surface area contributed by atoms with Crippen molar-refractivity contribution in [3.8, 4) is 0 Å². The van der Waals surface area contributed by atoms with Crippen LogP contribution >= 0.6 is 43.2 Å². The van der Waals surface area contributed by atoms with Crippen molar-refractivity contribution in [3.63, 3.8) is 0 Å². The van der Waals surface area contributed by atoms with E-state index in [2.05, 4.69) is 10.6 Å². The number of benzene rings is 4. The number of hydrogen-bond acceptors (Lipinski definition) is 18. The van der Waals surface area contributed by atoms with Gasteiger partial charge >= 0.3 is 48.5 Å². The fraction of sp³-hybridized carbons (Fsp3) is 0.516. The first-order valence-electron chi connectivity index (χ1n) is 30.3.